The third-order valence-corrected chi connectivity index (χ3v) is 1.66. The molecule has 1 heterocycles. The quantitative estimate of drug-likeness (QED) is 0.812. The van der Waals surface area contributed by atoms with E-state index in [-0.39, 0.29) is 18.3 Å². The summed E-state index contributed by atoms with van der Waals surface area (Å²) in [4.78, 5) is 6.63. The molecule has 0 aliphatic heterocycles. The van der Waals surface area contributed by atoms with E-state index in [1.54, 1.807) is 6.92 Å². The first-order chi connectivity index (χ1) is 7.97. The van der Waals surface area contributed by atoms with Crippen LogP contribution in [0.15, 0.2) is 18.7 Å². The highest BCUT2D eigenvalue weighted by atomic mass is 19.4. The molecule has 0 spiro atoms. The molecule has 0 radical (unpaired) electrons. The van der Waals surface area contributed by atoms with Crippen LogP contribution < -0.4 is 10.1 Å². The first kappa shape index (κ1) is 13.3. The SMILES string of the molecule is C=CCOc1cc(NCC)nc(C(F)(F)F)n1. The molecule has 0 amide bonds. The zero-order chi connectivity index (χ0) is 12.9. The summed E-state index contributed by atoms with van der Waals surface area (Å²) in [5.41, 5.74) is 0. The van der Waals surface area contributed by atoms with Crippen LogP contribution in [0.5, 0.6) is 5.88 Å². The van der Waals surface area contributed by atoms with Crippen molar-refractivity contribution in [3.8, 4) is 5.88 Å². The van der Waals surface area contributed by atoms with Crippen LogP contribution in [0.4, 0.5) is 19.0 Å². The smallest absolute Gasteiger partial charge is 0.451 e. The predicted octanol–water partition coefficient (Wildman–Crippen LogP) is 2.49. The largest absolute Gasteiger partial charge is 0.473 e. The second-order valence-corrected chi connectivity index (χ2v) is 3.04. The molecule has 0 aromatic carbocycles. The minimum absolute atomic E-state index is 0.0777. The molecule has 17 heavy (non-hydrogen) atoms. The van der Waals surface area contributed by atoms with Crippen LogP contribution in [0.1, 0.15) is 12.7 Å². The number of nitrogens with one attached hydrogen (secondary N) is 1. The lowest BCUT2D eigenvalue weighted by atomic mass is 10.4. The van der Waals surface area contributed by atoms with Gasteiger partial charge in [0.15, 0.2) is 0 Å². The first-order valence-corrected chi connectivity index (χ1v) is 4.91. The Kier molecular flexibility index (Phi) is 4.30. The van der Waals surface area contributed by atoms with Gasteiger partial charge in [0.1, 0.15) is 12.4 Å². The number of hydrogen-bond donors (Lipinski definition) is 1. The summed E-state index contributed by atoms with van der Waals surface area (Å²) in [5.74, 6) is -1.29. The second-order valence-electron chi connectivity index (χ2n) is 3.04. The average molecular weight is 247 g/mol. The minimum Gasteiger partial charge on any atom is -0.473 e. The normalized spacial score (nSPS) is 11.1. The molecule has 1 aromatic rings. The van der Waals surface area contributed by atoms with Crippen LogP contribution in [-0.2, 0) is 6.18 Å². The highest BCUT2D eigenvalue weighted by molar-refractivity contribution is 5.38. The van der Waals surface area contributed by atoms with Crippen molar-refractivity contribution in [3.63, 3.8) is 0 Å². The molecule has 1 aromatic heterocycles. The molecule has 0 aliphatic rings. The number of hydrogen-bond acceptors (Lipinski definition) is 4. The van der Waals surface area contributed by atoms with E-state index in [1.807, 2.05) is 0 Å². The number of rotatable bonds is 5. The van der Waals surface area contributed by atoms with E-state index in [4.69, 9.17) is 4.74 Å². The maximum absolute atomic E-state index is 12.5. The number of nitrogens with zero attached hydrogens (tertiary/aromatic N) is 2. The van der Waals surface area contributed by atoms with Gasteiger partial charge in [0.2, 0.25) is 11.7 Å². The fourth-order valence-corrected chi connectivity index (χ4v) is 1.04. The van der Waals surface area contributed by atoms with Crippen molar-refractivity contribution in [2.75, 3.05) is 18.5 Å². The zero-order valence-corrected chi connectivity index (χ0v) is 9.21. The first-order valence-electron chi connectivity index (χ1n) is 4.91. The third kappa shape index (κ3) is 3.93. The van der Waals surface area contributed by atoms with Crippen LogP contribution in [0.3, 0.4) is 0 Å². The van der Waals surface area contributed by atoms with E-state index in [2.05, 4.69) is 21.9 Å². The molecule has 0 aliphatic carbocycles. The maximum Gasteiger partial charge on any atom is 0.451 e. The Labute approximate surface area is 96.5 Å². The van der Waals surface area contributed by atoms with Crippen LogP contribution in [0, 0.1) is 0 Å². The van der Waals surface area contributed by atoms with Crippen molar-refractivity contribution in [3.05, 3.63) is 24.5 Å². The Morgan fingerprint density at radius 1 is 1.47 bits per heavy atom. The minimum atomic E-state index is -4.60. The van der Waals surface area contributed by atoms with Gasteiger partial charge in [-0.05, 0) is 6.92 Å². The van der Waals surface area contributed by atoms with Crippen molar-refractivity contribution in [1.29, 1.82) is 0 Å². The van der Waals surface area contributed by atoms with Gasteiger partial charge in [-0.15, -0.1) is 0 Å². The number of aromatic nitrogens is 2. The average Bonchev–Trinajstić information content (AvgIpc) is 2.25. The molecule has 94 valence electrons. The summed E-state index contributed by atoms with van der Waals surface area (Å²) in [5, 5.41) is 2.68. The van der Waals surface area contributed by atoms with E-state index < -0.39 is 12.0 Å². The second kappa shape index (κ2) is 5.51. The highest BCUT2D eigenvalue weighted by Gasteiger charge is 2.35. The summed E-state index contributed by atoms with van der Waals surface area (Å²) in [6.45, 7) is 5.69. The molecule has 0 bridgehead atoms. The standard InChI is InChI=1S/C10H12F3N3O/c1-3-5-17-8-6-7(14-4-2)15-9(16-8)10(11,12)13/h3,6H,1,4-5H2,2H3,(H,14,15,16). The summed E-state index contributed by atoms with van der Waals surface area (Å²) < 4.78 is 42.4. The van der Waals surface area contributed by atoms with Crippen molar-refractivity contribution in [1.82, 2.24) is 9.97 Å². The Balaban J connectivity index is 3.04. The summed E-state index contributed by atoms with van der Waals surface area (Å²) in [6, 6.07) is 1.31. The maximum atomic E-state index is 12.5. The van der Waals surface area contributed by atoms with Crippen LogP contribution in [-0.4, -0.2) is 23.1 Å². The monoisotopic (exact) mass is 247 g/mol. The van der Waals surface area contributed by atoms with Gasteiger partial charge in [-0.1, -0.05) is 12.7 Å². The van der Waals surface area contributed by atoms with Gasteiger partial charge in [0.25, 0.3) is 0 Å². The molecule has 4 nitrogen and oxygen atoms in total. The van der Waals surface area contributed by atoms with Crippen LogP contribution in [0.25, 0.3) is 0 Å². The number of alkyl halides is 3. The Bertz CT molecular complexity index is 393. The summed E-state index contributed by atoms with van der Waals surface area (Å²) >= 11 is 0. The highest BCUT2D eigenvalue weighted by Crippen LogP contribution is 2.28. The number of halogens is 3. The molecule has 0 saturated carbocycles. The van der Waals surface area contributed by atoms with Gasteiger partial charge < -0.3 is 10.1 Å². The van der Waals surface area contributed by atoms with Crippen molar-refractivity contribution >= 4 is 5.82 Å². The predicted molar refractivity (Wildman–Crippen MR) is 56.9 cm³/mol. The fourth-order valence-electron chi connectivity index (χ4n) is 1.04. The van der Waals surface area contributed by atoms with E-state index >= 15 is 0 Å². The van der Waals surface area contributed by atoms with Crippen LogP contribution in [0.2, 0.25) is 0 Å². The lowest BCUT2D eigenvalue weighted by Crippen LogP contribution is -2.14. The molecule has 0 saturated heterocycles. The van der Waals surface area contributed by atoms with E-state index in [1.165, 1.54) is 12.1 Å². The Morgan fingerprint density at radius 3 is 2.71 bits per heavy atom. The molecule has 0 atom stereocenters. The lowest BCUT2D eigenvalue weighted by Gasteiger charge is -2.10. The Hall–Kier alpha value is -1.79. The van der Waals surface area contributed by atoms with E-state index in [9.17, 15) is 13.2 Å². The Morgan fingerprint density at radius 2 is 2.18 bits per heavy atom. The number of anilines is 1. The van der Waals surface area contributed by atoms with Gasteiger partial charge in [-0.3, -0.25) is 0 Å². The topological polar surface area (TPSA) is 47.0 Å². The fraction of sp³-hybridized carbons (Fsp3) is 0.400. The van der Waals surface area contributed by atoms with Gasteiger partial charge in [0.05, 0.1) is 0 Å². The van der Waals surface area contributed by atoms with Gasteiger partial charge in [-0.25, -0.2) is 4.98 Å². The molecular formula is C10H12F3N3O. The van der Waals surface area contributed by atoms with Gasteiger partial charge >= 0.3 is 6.18 Å². The summed E-state index contributed by atoms with van der Waals surface area (Å²) in [7, 11) is 0. The van der Waals surface area contributed by atoms with Gasteiger partial charge in [0, 0.05) is 12.6 Å². The zero-order valence-electron chi connectivity index (χ0n) is 9.21. The molecule has 1 N–H and O–H groups in total. The molecular weight excluding hydrogens is 235 g/mol. The van der Waals surface area contributed by atoms with Crippen molar-refractivity contribution in [2.45, 2.75) is 13.1 Å². The number of ether oxygens (including phenoxy) is 1. The van der Waals surface area contributed by atoms with E-state index in [0.717, 1.165) is 0 Å². The molecule has 0 unspecified atom stereocenters. The van der Waals surface area contributed by atoms with Crippen LogP contribution >= 0.6 is 0 Å². The third-order valence-electron chi connectivity index (χ3n) is 1.66. The molecule has 7 heteroatoms. The molecule has 1 rings (SSSR count). The van der Waals surface area contributed by atoms with Crippen molar-refractivity contribution in [2.24, 2.45) is 0 Å². The lowest BCUT2D eigenvalue weighted by molar-refractivity contribution is -0.145. The summed E-state index contributed by atoms with van der Waals surface area (Å²) in [6.07, 6.45) is -3.18. The van der Waals surface area contributed by atoms with E-state index in [0.29, 0.717) is 6.54 Å². The van der Waals surface area contributed by atoms with Crippen molar-refractivity contribution < 1.29 is 17.9 Å². The molecule has 0 fully saturated rings. The van der Waals surface area contributed by atoms with Gasteiger partial charge in [-0.2, -0.15) is 18.2 Å².